The van der Waals surface area contributed by atoms with Gasteiger partial charge in [-0.2, -0.15) is 0 Å². The van der Waals surface area contributed by atoms with Crippen LogP contribution in [0.15, 0.2) is 36.4 Å². The van der Waals surface area contributed by atoms with E-state index in [0.717, 1.165) is 11.1 Å². The zero-order valence-electron chi connectivity index (χ0n) is 12.4. The van der Waals surface area contributed by atoms with Crippen LogP contribution in [0, 0.1) is 5.82 Å². The summed E-state index contributed by atoms with van der Waals surface area (Å²) >= 11 is 6.07. The number of rotatable bonds is 5. The summed E-state index contributed by atoms with van der Waals surface area (Å²) in [6.07, 6.45) is 0. The molecule has 0 radical (unpaired) electrons. The predicted octanol–water partition coefficient (Wildman–Crippen LogP) is 4.65. The monoisotopic (exact) mass is 307 g/mol. The third-order valence-corrected chi connectivity index (χ3v) is 3.47. The molecule has 2 rings (SSSR count). The zero-order valence-corrected chi connectivity index (χ0v) is 13.2. The summed E-state index contributed by atoms with van der Waals surface area (Å²) < 4.78 is 19.3. The molecule has 2 aromatic rings. The van der Waals surface area contributed by atoms with E-state index in [1.165, 1.54) is 13.2 Å². The molecule has 0 fully saturated rings. The van der Waals surface area contributed by atoms with E-state index < -0.39 is 0 Å². The first-order chi connectivity index (χ1) is 10.0. The van der Waals surface area contributed by atoms with Crippen molar-refractivity contribution in [2.75, 3.05) is 7.11 Å². The lowest BCUT2D eigenvalue weighted by Gasteiger charge is -2.14. The third kappa shape index (κ3) is 3.96. The molecule has 0 amide bonds. The van der Waals surface area contributed by atoms with Crippen molar-refractivity contribution in [2.45, 2.75) is 26.4 Å². The van der Waals surface area contributed by atoms with Gasteiger partial charge in [-0.05, 0) is 35.4 Å². The maximum absolute atomic E-state index is 14.3. The second kappa shape index (κ2) is 6.92. The highest BCUT2D eigenvalue weighted by Crippen LogP contribution is 2.31. The normalized spacial score (nSPS) is 11.0. The summed E-state index contributed by atoms with van der Waals surface area (Å²) in [5, 5.41) is 3.93. The minimum Gasteiger partial charge on any atom is -0.497 e. The van der Waals surface area contributed by atoms with Crippen molar-refractivity contribution in [1.29, 1.82) is 0 Å². The molecule has 1 N–H and O–H groups in total. The molecule has 0 bridgehead atoms. The Kier molecular flexibility index (Phi) is 5.21. The standard InChI is InChI=1S/C17H19ClFNO/c1-11(2)20-10-12-4-5-13(18)8-16(12)15-7-6-14(21-3)9-17(15)19/h4-9,11,20H,10H2,1-3H3. The molecule has 0 saturated heterocycles. The van der Waals surface area contributed by atoms with Gasteiger partial charge in [0.1, 0.15) is 11.6 Å². The maximum Gasteiger partial charge on any atom is 0.134 e. The number of nitrogens with one attached hydrogen (secondary N) is 1. The lowest BCUT2D eigenvalue weighted by molar-refractivity contribution is 0.411. The molecule has 21 heavy (non-hydrogen) atoms. The Bertz CT molecular complexity index is 628. The van der Waals surface area contributed by atoms with E-state index in [2.05, 4.69) is 19.2 Å². The molecule has 4 heteroatoms. The fourth-order valence-electron chi connectivity index (χ4n) is 2.11. The van der Waals surface area contributed by atoms with Crippen LogP contribution < -0.4 is 10.1 Å². The Hall–Kier alpha value is -1.58. The van der Waals surface area contributed by atoms with E-state index >= 15 is 0 Å². The largest absolute Gasteiger partial charge is 0.497 e. The first kappa shape index (κ1) is 15.8. The molecule has 0 unspecified atom stereocenters. The fraction of sp³-hybridized carbons (Fsp3) is 0.294. The minimum absolute atomic E-state index is 0.317. The van der Waals surface area contributed by atoms with Crippen molar-refractivity contribution in [1.82, 2.24) is 5.32 Å². The van der Waals surface area contributed by atoms with E-state index in [1.807, 2.05) is 12.1 Å². The van der Waals surface area contributed by atoms with Gasteiger partial charge in [-0.3, -0.25) is 0 Å². The van der Waals surface area contributed by atoms with Crippen LogP contribution in [0.5, 0.6) is 5.75 Å². The summed E-state index contributed by atoms with van der Waals surface area (Å²) in [4.78, 5) is 0. The van der Waals surface area contributed by atoms with Gasteiger partial charge in [-0.15, -0.1) is 0 Å². The van der Waals surface area contributed by atoms with Gasteiger partial charge >= 0.3 is 0 Å². The van der Waals surface area contributed by atoms with Gasteiger partial charge in [-0.1, -0.05) is 31.5 Å². The van der Waals surface area contributed by atoms with Crippen LogP contribution in [0.2, 0.25) is 5.02 Å². The summed E-state index contributed by atoms with van der Waals surface area (Å²) in [5.41, 5.74) is 2.34. The predicted molar refractivity (Wildman–Crippen MR) is 85.4 cm³/mol. The van der Waals surface area contributed by atoms with E-state index in [4.69, 9.17) is 16.3 Å². The minimum atomic E-state index is -0.317. The number of ether oxygens (including phenoxy) is 1. The molecule has 2 aromatic carbocycles. The van der Waals surface area contributed by atoms with Crippen molar-refractivity contribution in [2.24, 2.45) is 0 Å². The smallest absolute Gasteiger partial charge is 0.134 e. The number of hydrogen-bond acceptors (Lipinski definition) is 2. The van der Waals surface area contributed by atoms with Crippen LogP contribution in [-0.2, 0) is 6.54 Å². The van der Waals surface area contributed by atoms with Crippen LogP contribution in [0.1, 0.15) is 19.4 Å². The molecule has 0 saturated carbocycles. The SMILES string of the molecule is COc1ccc(-c2cc(Cl)ccc2CNC(C)C)c(F)c1. The second-order valence-corrected chi connectivity index (χ2v) is 5.62. The molecule has 0 aliphatic rings. The zero-order chi connectivity index (χ0) is 15.4. The number of hydrogen-bond donors (Lipinski definition) is 1. The Morgan fingerprint density at radius 1 is 1.14 bits per heavy atom. The van der Waals surface area contributed by atoms with Crippen molar-refractivity contribution < 1.29 is 9.13 Å². The van der Waals surface area contributed by atoms with E-state index in [0.29, 0.717) is 28.9 Å². The van der Waals surface area contributed by atoms with Crippen molar-refractivity contribution >= 4 is 11.6 Å². The van der Waals surface area contributed by atoms with Crippen LogP contribution >= 0.6 is 11.6 Å². The molecule has 0 aromatic heterocycles. The van der Waals surface area contributed by atoms with E-state index in [1.54, 1.807) is 18.2 Å². The topological polar surface area (TPSA) is 21.3 Å². The Morgan fingerprint density at radius 3 is 2.52 bits per heavy atom. The average molecular weight is 308 g/mol. The van der Waals surface area contributed by atoms with Crippen LogP contribution in [0.4, 0.5) is 4.39 Å². The fourth-order valence-corrected chi connectivity index (χ4v) is 2.28. The summed E-state index contributed by atoms with van der Waals surface area (Å²) in [5.74, 6) is 0.183. The first-order valence-electron chi connectivity index (χ1n) is 6.87. The molecule has 0 aliphatic heterocycles. The van der Waals surface area contributed by atoms with Crippen LogP contribution in [0.25, 0.3) is 11.1 Å². The molecular weight excluding hydrogens is 289 g/mol. The van der Waals surface area contributed by atoms with Crippen molar-refractivity contribution in [3.63, 3.8) is 0 Å². The van der Waals surface area contributed by atoms with Gasteiger partial charge in [0.15, 0.2) is 0 Å². The van der Waals surface area contributed by atoms with E-state index in [-0.39, 0.29) is 5.82 Å². The summed E-state index contributed by atoms with van der Waals surface area (Å²) in [7, 11) is 1.52. The molecular formula is C17H19ClFNO. The highest BCUT2D eigenvalue weighted by molar-refractivity contribution is 6.30. The molecule has 0 spiro atoms. The second-order valence-electron chi connectivity index (χ2n) is 5.18. The molecule has 112 valence electrons. The Labute approximate surface area is 129 Å². The third-order valence-electron chi connectivity index (χ3n) is 3.24. The molecule has 0 aliphatic carbocycles. The van der Waals surface area contributed by atoms with Gasteiger partial charge in [0.2, 0.25) is 0 Å². The van der Waals surface area contributed by atoms with Crippen LogP contribution in [0.3, 0.4) is 0 Å². The quantitative estimate of drug-likeness (QED) is 0.868. The Balaban J connectivity index is 2.44. The summed E-state index contributed by atoms with van der Waals surface area (Å²) in [6, 6.07) is 10.8. The average Bonchev–Trinajstić information content (AvgIpc) is 2.45. The van der Waals surface area contributed by atoms with E-state index in [9.17, 15) is 4.39 Å². The van der Waals surface area contributed by atoms with Gasteiger partial charge in [0, 0.05) is 29.2 Å². The number of halogens is 2. The molecule has 2 nitrogen and oxygen atoms in total. The first-order valence-corrected chi connectivity index (χ1v) is 7.24. The van der Waals surface area contributed by atoms with Crippen LogP contribution in [-0.4, -0.2) is 13.2 Å². The van der Waals surface area contributed by atoms with Crippen molar-refractivity contribution in [3.8, 4) is 16.9 Å². The van der Waals surface area contributed by atoms with Gasteiger partial charge < -0.3 is 10.1 Å². The number of methoxy groups -OCH3 is 1. The van der Waals surface area contributed by atoms with Gasteiger partial charge in [-0.25, -0.2) is 4.39 Å². The van der Waals surface area contributed by atoms with Gasteiger partial charge in [0.25, 0.3) is 0 Å². The summed E-state index contributed by atoms with van der Waals surface area (Å²) in [6.45, 7) is 4.81. The highest BCUT2D eigenvalue weighted by Gasteiger charge is 2.12. The number of benzene rings is 2. The highest BCUT2D eigenvalue weighted by atomic mass is 35.5. The van der Waals surface area contributed by atoms with Crippen molar-refractivity contribution in [3.05, 3.63) is 52.8 Å². The van der Waals surface area contributed by atoms with Gasteiger partial charge in [0.05, 0.1) is 7.11 Å². The maximum atomic E-state index is 14.3. The Morgan fingerprint density at radius 2 is 1.90 bits per heavy atom. The lowest BCUT2D eigenvalue weighted by Crippen LogP contribution is -2.22. The molecule has 0 heterocycles. The lowest BCUT2D eigenvalue weighted by atomic mass is 9.98. The molecule has 0 atom stereocenters.